The van der Waals surface area contributed by atoms with Gasteiger partial charge in [0.15, 0.2) is 0 Å². The summed E-state index contributed by atoms with van der Waals surface area (Å²) in [7, 11) is -10.1. The zero-order chi connectivity index (χ0) is 15.8. The van der Waals surface area contributed by atoms with Crippen molar-refractivity contribution in [2.45, 2.75) is 24.1 Å². The molecule has 0 amide bonds. The van der Waals surface area contributed by atoms with Crippen molar-refractivity contribution >= 4 is 15.6 Å². The van der Waals surface area contributed by atoms with Gasteiger partial charge in [0, 0.05) is 0 Å². The van der Waals surface area contributed by atoms with Gasteiger partial charge in [-0.15, -0.1) is 0 Å². The Morgan fingerprint density at radius 1 is 1.10 bits per heavy atom. The molecule has 0 unspecified atom stereocenters. The number of aliphatic hydroxyl groups excluding tert-OH is 3. The van der Waals surface area contributed by atoms with Gasteiger partial charge in [0.25, 0.3) is 0 Å². The Morgan fingerprint density at radius 3 is 2.05 bits per heavy atom. The Morgan fingerprint density at radius 2 is 1.65 bits per heavy atom. The highest BCUT2D eigenvalue weighted by molar-refractivity contribution is 7.46. The van der Waals surface area contributed by atoms with Crippen LogP contribution in [0.25, 0.3) is 0 Å². The summed E-state index contributed by atoms with van der Waals surface area (Å²) < 4.78 is 34.2. The van der Waals surface area contributed by atoms with Crippen LogP contribution >= 0.6 is 15.6 Å². The van der Waals surface area contributed by atoms with E-state index in [1.165, 1.54) is 0 Å². The third kappa shape index (κ3) is 4.53. The second-order valence-corrected chi connectivity index (χ2v) is 6.33. The molecule has 0 spiro atoms. The van der Waals surface area contributed by atoms with E-state index in [1.807, 2.05) is 0 Å². The Kier molecular flexibility index (Phi) is 5.48. The number of phosphoric ester groups is 2. The second-order valence-electron chi connectivity index (χ2n) is 3.93. The van der Waals surface area contributed by atoms with Gasteiger partial charge in [0.05, 0.1) is 6.61 Å². The van der Waals surface area contributed by atoms with Gasteiger partial charge in [-0.2, -0.15) is 0 Å². The topological polar surface area (TPSA) is 203 Å². The van der Waals surface area contributed by atoms with Crippen LogP contribution in [-0.4, -0.2) is 72.2 Å². The van der Waals surface area contributed by atoms with Crippen LogP contribution < -0.4 is 0 Å². The molecule has 0 saturated carbocycles. The van der Waals surface area contributed by atoms with Crippen LogP contribution in [0.5, 0.6) is 0 Å². The molecule has 1 aliphatic heterocycles. The first-order valence-corrected chi connectivity index (χ1v) is 8.07. The van der Waals surface area contributed by atoms with Crippen molar-refractivity contribution in [2.75, 3.05) is 13.2 Å². The minimum Gasteiger partial charge on any atom is -0.391 e. The summed E-state index contributed by atoms with van der Waals surface area (Å²) in [5.74, 6) is -2.64. The Hall–Kier alpha value is 0.0600. The molecule has 0 aromatic heterocycles. The molecule has 14 heteroatoms. The molecule has 1 fully saturated rings. The van der Waals surface area contributed by atoms with Crippen molar-refractivity contribution < 1.29 is 57.8 Å². The fourth-order valence-electron chi connectivity index (χ4n) is 1.60. The van der Waals surface area contributed by atoms with Crippen molar-refractivity contribution in [3.8, 4) is 0 Å². The molecule has 1 saturated heterocycles. The molecule has 0 aromatic rings. The van der Waals surface area contributed by atoms with Crippen molar-refractivity contribution in [1.82, 2.24) is 0 Å². The van der Waals surface area contributed by atoms with Crippen molar-refractivity contribution in [3.05, 3.63) is 0 Å². The average molecular weight is 340 g/mol. The molecule has 1 heterocycles. The zero-order valence-electron chi connectivity index (χ0n) is 9.71. The minimum absolute atomic E-state index is 0.908. The lowest BCUT2D eigenvalue weighted by molar-refractivity contribution is -0.237. The average Bonchev–Trinajstić information content (AvgIpc) is 2.49. The van der Waals surface area contributed by atoms with E-state index in [-0.39, 0.29) is 0 Å². The SMILES string of the molecule is O=P(O)(O)OC[C@H]1O[C@](CO)(OP(=O)(O)O)[C@@H](O)[C@@H]1O. The summed E-state index contributed by atoms with van der Waals surface area (Å²) in [6.45, 7) is -2.14. The van der Waals surface area contributed by atoms with Crippen LogP contribution in [0.15, 0.2) is 0 Å². The Bertz CT molecular complexity index is 428. The van der Waals surface area contributed by atoms with E-state index in [9.17, 15) is 19.3 Å². The number of phosphoric acid groups is 2. The highest BCUT2D eigenvalue weighted by Gasteiger charge is 2.58. The summed E-state index contributed by atoms with van der Waals surface area (Å²) >= 11 is 0. The first kappa shape index (κ1) is 18.1. The molecular weight excluding hydrogens is 326 g/mol. The van der Waals surface area contributed by atoms with Crippen LogP contribution in [0.3, 0.4) is 0 Å². The second kappa shape index (κ2) is 6.05. The quantitative estimate of drug-likeness (QED) is 0.242. The normalized spacial score (nSPS) is 35.5. The van der Waals surface area contributed by atoms with E-state index in [4.69, 9.17) is 29.4 Å². The fraction of sp³-hybridized carbons (Fsp3) is 1.00. The first-order valence-electron chi connectivity index (χ1n) is 5.01. The summed E-state index contributed by atoms with van der Waals surface area (Å²) in [6, 6.07) is 0. The summed E-state index contributed by atoms with van der Waals surface area (Å²) in [4.78, 5) is 34.3. The molecule has 0 aromatic carbocycles. The van der Waals surface area contributed by atoms with E-state index in [1.54, 1.807) is 0 Å². The van der Waals surface area contributed by atoms with Crippen molar-refractivity contribution in [3.63, 3.8) is 0 Å². The highest BCUT2D eigenvalue weighted by Crippen LogP contribution is 2.47. The zero-order valence-corrected chi connectivity index (χ0v) is 11.5. The van der Waals surface area contributed by atoms with E-state index in [2.05, 4.69) is 9.05 Å². The largest absolute Gasteiger partial charge is 0.472 e. The number of ether oxygens (including phenoxy) is 1. The third-order valence-electron chi connectivity index (χ3n) is 2.41. The Balaban J connectivity index is 2.85. The van der Waals surface area contributed by atoms with Gasteiger partial charge in [-0.25, -0.2) is 13.7 Å². The number of rotatable bonds is 6. The maximum absolute atomic E-state index is 10.8. The van der Waals surface area contributed by atoms with Gasteiger partial charge in [-0.05, 0) is 0 Å². The van der Waals surface area contributed by atoms with Crippen molar-refractivity contribution in [1.29, 1.82) is 0 Å². The minimum atomic E-state index is -5.19. The molecule has 4 atom stereocenters. The van der Waals surface area contributed by atoms with Gasteiger partial charge in [0.2, 0.25) is 5.79 Å². The third-order valence-corrected chi connectivity index (χ3v) is 3.44. The molecule has 20 heavy (non-hydrogen) atoms. The monoisotopic (exact) mass is 340 g/mol. The molecule has 0 radical (unpaired) electrons. The van der Waals surface area contributed by atoms with Gasteiger partial charge in [0.1, 0.15) is 24.9 Å². The van der Waals surface area contributed by atoms with Crippen molar-refractivity contribution in [2.24, 2.45) is 0 Å². The highest BCUT2D eigenvalue weighted by atomic mass is 31.2. The number of hydrogen-bond donors (Lipinski definition) is 7. The predicted molar refractivity (Wildman–Crippen MR) is 57.8 cm³/mol. The van der Waals surface area contributed by atoms with Crippen LogP contribution in [0, 0.1) is 0 Å². The standard InChI is InChI=1S/C6H14O12P2/c7-2-6(18-20(13,14)15)5(9)4(8)3(17-6)1-16-19(10,11)12/h3-5,7-9H,1-2H2,(H2,10,11,12)(H2,13,14,15)/t3-,4-,5+,6-/m1/s1. The molecule has 1 aliphatic rings. The molecule has 120 valence electrons. The van der Waals surface area contributed by atoms with E-state index in [0.29, 0.717) is 0 Å². The summed E-state index contributed by atoms with van der Waals surface area (Å²) in [5.41, 5.74) is 0. The molecule has 0 bridgehead atoms. The van der Waals surface area contributed by atoms with Crippen LogP contribution in [0.2, 0.25) is 0 Å². The van der Waals surface area contributed by atoms with Crippen LogP contribution in [-0.2, 0) is 22.9 Å². The Labute approximate surface area is 112 Å². The maximum atomic E-state index is 10.8. The van der Waals surface area contributed by atoms with Gasteiger partial charge in [-0.1, -0.05) is 0 Å². The van der Waals surface area contributed by atoms with Gasteiger partial charge in [-0.3, -0.25) is 4.52 Å². The van der Waals surface area contributed by atoms with Gasteiger partial charge >= 0.3 is 15.6 Å². The van der Waals surface area contributed by atoms with E-state index in [0.717, 1.165) is 0 Å². The van der Waals surface area contributed by atoms with E-state index >= 15 is 0 Å². The predicted octanol–water partition coefficient (Wildman–Crippen LogP) is -2.99. The molecule has 1 rings (SSSR count). The lowest BCUT2D eigenvalue weighted by Crippen LogP contribution is -2.47. The van der Waals surface area contributed by atoms with E-state index < -0.39 is 53.0 Å². The smallest absolute Gasteiger partial charge is 0.391 e. The molecular formula is C6H14O12P2. The summed E-state index contributed by atoms with van der Waals surface area (Å²) in [5, 5.41) is 28.2. The van der Waals surface area contributed by atoms with Gasteiger partial charge < -0.3 is 39.6 Å². The maximum Gasteiger partial charge on any atom is 0.472 e. The molecule has 7 N–H and O–H groups in total. The van der Waals surface area contributed by atoms with Crippen LogP contribution in [0.4, 0.5) is 0 Å². The molecule has 12 nitrogen and oxygen atoms in total. The first-order chi connectivity index (χ1) is 8.90. The van der Waals surface area contributed by atoms with Crippen LogP contribution in [0.1, 0.15) is 0 Å². The lowest BCUT2D eigenvalue weighted by atomic mass is 10.1. The fourth-order valence-corrected chi connectivity index (χ4v) is 2.55. The number of aliphatic hydroxyl groups is 3. The number of hydrogen-bond acceptors (Lipinski definition) is 8. The summed E-state index contributed by atoms with van der Waals surface area (Å²) in [6.07, 6.45) is -5.53. The lowest BCUT2D eigenvalue weighted by Gasteiger charge is -2.29. The molecule has 0 aliphatic carbocycles.